The first-order valence-corrected chi connectivity index (χ1v) is 4.09. The molecule has 0 radical (unpaired) electrons. The van der Waals surface area contributed by atoms with Gasteiger partial charge in [0, 0.05) is 4.83 Å². The number of halogens is 2. The quantitative estimate of drug-likeness (QED) is 0.585. The molecule has 0 bridgehead atoms. The summed E-state index contributed by atoms with van der Waals surface area (Å²) in [7, 11) is 0. The smallest absolute Gasteiger partial charge is 0.127 e. The van der Waals surface area contributed by atoms with Crippen molar-refractivity contribution in [3.05, 3.63) is 0 Å². The zero-order valence-electron chi connectivity index (χ0n) is 5.06. The van der Waals surface area contributed by atoms with E-state index in [9.17, 15) is 4.39 Å². The third-order valence-corrected chi connectivity index (χ3v) is 2.70. The lowest BCUT2D eigenvalue weighted by molar-refractivity contribution is 0.0512. The number of hydrogen-bond donors (Lipinski definition) is 1. The second kappa shape index (κ2) is 2.97. The minimum absolute atomic E-state index is 0.0266. The van der Waals surface area contributed by atoms with Gasteiger partial charge in [0.25, 0.3) is 0 Å². The molecule has 1 N–H and O–H groups in total. The molecule has 1 rings (SSSR count). The van der Waals surface area contributed by atoms with Crippen LogP contribution in [0.15, 0.2) is 0 Å². The van der Waals surface area contributed by atoms with Crippen LogP contribution >= 0.6 is 15.9 Å². The Bertz CT molecular complexity index is 89.1. The highest BCUT2D eigenvalue weighted by Crippen LogP contribution is 2.26. The fourth-order valence-corrected chi connectivity index (χ4v) is 1.73. The molecule has 0 aromatic carbocycles. The van der Waals surface area contributed by atoms with E-state index in [1.807, 2.05) is 0 Å². The van der Waals surface area contributed by atoms with Gasteiger partial charge in [-0.3, -0.25) is 0 Å². The maximum atomic E-state index is 12.5. The number of aliphatic hydroxyl groups excluding tert-OH is 1. The molecule has 0 aromatic rings. The van der Waals surface area contributed by atoms with Crippen molar-refractivity contribution in [2.75, 3.05) is 0 Å². The first-order valence-electron chi connectivity index (χ1n) is 3.18. The maximum absolute atomic E-state index is 12.5. The molecule has 3 unspecified atom stereocenters. The number of alkyl halides is 2. The molecule has 0 heterocycles. The van der Waals surface area contributed by atoms with Crippen LogP contribution in [0.2, 0.25) is 0 Å². The second-order valence-electron chi connectivity index (χ2n) is 2.45. The molecule has 54 valence electrons. The fraction of sp³-hybridized carbons (Fsp3) is 1.00. The van der Waals surface area contributed by atoms with Gasteiger partial charge in [-0.25, -0.2) is 4.39 Å². The lowest BCUT2D eigenvalue weighted by Crippen LogP contribution is -2.34. The molecule has 1 fully saturated rings. The van der Waals surface area contributed by atoms with E-state index in [1.54, 1.807) is 0 Å². The van der Waals surface area contributed by atoms with Gasteiger partial charge in [-0.1, -0.05) is 15.9 Å². The number of aliphatic hydroxyl groups is 1. The minimum Gasteiger partial charge on any atom is -0.389 e. The Balaban J connectivity index is 2.41. The normalized spacial score (nSPS) is 45.0. The topological polar surface area (TPSA) is 20.2 Å². The van der Waals surface area contributed by atoms with Gasteiger partial charge in [-0.15, -0.1) is 0 Å². The summed E-state index contributed by atoms with van der Waals surface area (Å²) in [6.07, 6.45) is 0.501. The van der Waals surface area contributed by atoms with Crippen molar-refractivity contribution in [2.24, 2.45) is 0 Å². The van der Waals surface area contributed by atoms with Gasteiger partial charge < -0.3 is 5.11 Å². The van der Waals surface area contributed by atoms with Crippen LogP contribution in [0.5, 0.6) is 0 Å². The number of hydrogen-bond acceptors (Lipinski definition) is 1. The predicted octanol–water partition coefficient (Wildman–Crippen LogP) is 1.63. The van der Waals surface area contributed by atoms with Crippen LogP contribution in [0, 0.1) is 0 Å². The molecule has 3 heteroatoms. The van der Waals surface area contributed by atoms with Crippen LogP contribution in [0.25, 0.3) is 0 Å². The van der Waals surface area contributed by atoms with E-state index in [4.69, 9.17) is 5.11 Å². The zero-order chi connectivity index (χ0) is 6.85. The summed E-state index contributed by atoms with van der Waals surface area (Å²) >= 11 is 3.20. The summed E-state index contributed by atoms with van der Waals surface area (Å²) in [5, 5.41) is 9.02. The first kappa shape index (κ1) is 7.48. The molecule has 1 aliphatic rings. The van der Waals surface area contributed by atoms with E-state index in [1.165, 1.54) is 0 Å². The molecule has 0 amide bonds. The van der Waals surface area contributed by atoms with Crippen molar-refractivity contribution in [3.8, 4) is 0 Å². The van der Waals surface area contributed by atoms with Crippen LogP contribution in [-0.2, 0) is 0 Å². The van der Waals surface area contributed by atoms with E-state index in [2.05, 4.69) is 15.9 Å². The van der Waals surface area contributed by atoms with Crippen molar-refractivity contribution >= 4 is 15.9 Å². The van der Waals surface area contributed by atoms with Crippen molar-refractivity contribution < 1.29 is 9.50 Å². The minimum atomic E-state index is -1.01. The van der Waals surface area contributed by atoms with E-state index in [-0.39, 0.29) is 4.83 Å². The summed E-state index contributed by atoms with van der Waals surface area (Å²) in [4.78, 5) is -0.0266. The first-order chi connectivity index (χ1) is 4.22. The average molecular weight is 197 g/mol. The van der Waals surface area contributed by atoms with E-state index in [0.29, 0.717) is 6.42 Å². The molecule has 0 aromatic heterocycles. The highest BCUT2D eigenvalue weighted by atomic mass is 79.9. The Hall–Kier alpha value is 0.370. The maximum Gasteiger partial charge on any atom is 0.127 e. The van der Waals surface area contributed by atoms with E-state index < -0.39 is 12.3 Å². The molecule has 0 saturated heterocycles. The number of rotatable bonds is 0. The highest BCUT2D eigenvalue weighted by molar-refractivity contribution is 9.09. The lowest BCUT2D eigenvalue weighted by Gasteiger charge is -2.25. The largest absolute Gasteiger partial charge is 0.389 e. The Labute approximate surface area is 62.4 Å². The van der Waals surface area contributed by atoms with Gasteiger partial charge >= 0.3 is 0 Å². The van der Waals surface area contributed by atoms with Gasteiger partial charge in [-0.2, -0.15) is 0 Å². The highest BCUT2D eigenvalue weighted by Gasteiger charge is 2.29. The summed E-state index contributed by atoms with van der Waals surface area (Å²) in [6, 6.07) is 0. The van der Waals surface area contributed by atoms with Crippen molar-refractivity contribution in [3.63, 3.8) is 0 Å². The van der Waals surface area contributed by atoms with E-state index in [0.717, 1.165) is 12.8 Å². The van der Waals surface area contributed by atoms with E-state index >= 15 is 0 Å². The van der Waals surface area contributed by atoms with Crippen LogP contribution < -0.4 is 0 Å². The standard InChI is InChI=1S/C6H10BrFO/c7-4-2-1-3-5(8)6(4)9/h4-6,9H,1-3H2. The fourth-order valence-electron chi connectivity index (χ4n) is 1.08. The second-order valence-corrected chi connectivity index (χ2v) is 3.63. The molecule has 1 aliphatic carbocycles. The van der Waals surface area contributed by atoms with Crippen LogP contribution in [0.3, 0.4) is 0 Å². The molecular weight excluding hydrogens is 187 g/mol. The zero-order valence-corrected chi connectivity index (χ0v) is 6.64. The van der Waals surface area contributed by atoms with Crippen LogP contribution in [0.4, 0.5) is 4.39 Å². The Morgan fingerprint density at radius 3 is 2.56 bits per heavy atom. The van der Waals surface area contributed by atoms with Crippen molar-refractivity contribution in [1.82, 2.24) is 0 Å². The SMILES string of the molecule is OC1C(F)CCCC1Br. The third kappa shape index (κ3) is 1.64. The molecule has 0 spiro atoms. The predicted molar refractivity (Wildman–Crippen MR) is 37.5 cm³/mol. The Kier molecular flexibility index (Phi) is 2.47. The van der Waals surface area contributed by atoms with Gasteiger partial charge in [0.05, 0.1) is 6.10 Å². The summed E-state index contributed by atoms with van der Waals surface area (Å²) in [5.74, 6) is 0. The molecule has 3 atom stereocenters. The van der Waals surface area contributed by atoms with Crippen LogP contribution in [-0.4, -0.2) is 22.2 Å². The van der Waals surface area contributed by atoms with Crippen molar-refractivity contribution in [2.45, 2.75) is 36.4 Å². The summed E-state index contributed by atoms with van der Waals surface area (Å²) in [5.41, 5.74) is 0. The molecule has 9 heavy (non-hydrogen) atoms. The van der Waals surface area contributed by atoms with Crippen LogP contribution in [0.1, 0.15) is 19.3 Å². The monoisotopic (exact) mass is 196 g/mol. The molecule has 1 saturated carbocycles. The van der Waals surface area contributed by atoms with Gasteiger partial charge in [0.15, 0.2) is 0 Å². The molecule has 0 aliphatic heterocycles. The summed E-state index contributed by atoms with van der Waals surface area (Å²) in [6.45, 7) is 0. The van der Waals surface area contributed by atoms with Gasteiger partial charge in [-0.05, 0) is 19.3 Å². The molecule has 1 nitrogen and oxygen atoms in total. The Morgan fingerprint density at radius 2 is 2.11 bits per heavy atom. The average Bonchev–Trinajstić information content (AvgIpc) is 1.83. The summed E-state index contributed by atoms with van der Waals surface area (Å²) < 4.78 is 12.5. The van der Waals surface area contributed by atoms with Gasteiger partial charge in [0.1, 0.15) is 6.17 Å². The van der Waals surface area contributed by atoms with Gasteiger partial charge in [0.2, 0.25) is 0 Å². The van der Waals surface area contributed by atoms with Crippen molar-refractivity contribution in [1.29, 1.82) is 0 Å². The third-order valence-electron chi connectivity index (χ3n) is 1.70. The lowest BCUT2D eigenvalue weighted by atomic mass is 9.96. The molecular formula is C6H10BrFO. The Morgan fingerprint density at radius 1 is 1.44 bits per heavy atom.